The van der Waals surface area contributed by atoms with E-state index in [-0.39, 0.29) is 5.41 Å². The van der Waals surface area contributed by atoms with E-state index in [4.69, 9.17) is 5.73 Å². The smallest absolute Gasteiger partial charge is 0.0108 e. The maximum absolute atomic E-state index is 6.35. The van der Waals surface area contributed by atoms with Crippen molar-refractivity contribution in [3.05, 3.63) is 35.4 Å². The molecule has 1 aliphatic carbocycles. The Bertz CT molecular complexity index is 399. The van der Waals surface area contributed by atoms with Gasteiger partial charge in [-0.3, -0.25) is 0 Å². The van der Waals surface area contributed by atoms with Gasteiger partial charge in [0, 0.05) is 6.04 Å². The zero-order valence-electron chi connectivity index (χ0n) is 12.9. The maximum atomic E-state index is 6.35. The second kappa shape index (κ2) is 5.66. The summed E-state index contributed by atoms with van der Waals surface area (Å²) in [4.78, 5) is 0. The molecular weight excluding hydrogens is 230 g/mol. The van der Waals surface area contributed by atoms with Crippen LogP contribution in [0.15, 0.2) is 24.3 Å². The number of hydrogen-bond donors (Lipinski definition) is 1. The molecule has 3 atom stereocenters. The highest BCUT2D eigenvalue weighted by atomic mass is 14.7. The van der Waals surface area contributed by atoms with Crippen LogP contribution in [-0.4, -0.2) is 6.04 Å². The van der Waals surface area contributed by atoms with Crippen molar-refractivity contribution < 1.29 is 0 Å². The van der Waals surface area contributed by atoms with Crippen molar-refractivity contribution in [1.82, 2.24) is 0 Å². The van der Waals surface area contributed by atoms with E-state index in [0.29, 0.717) is 12.0 Å². The molecule has 2 rings (SSSR count). The molecule has 1 nitrogen and oxygen atoms in total. The lowest BCUT2D eigenvalue weighted by atomic mass is 9.74. The first kappa shape index (κ1) is 14.6. The Morgan fingerprint density at radius 3 is 2.26 bits per heavy atom. The molecule has 0 radical (unpaired) electrons. The van der Waals surface area contributed by atoms with Crippen molar-refractivity contribution in [2.24, 2.45) is 11.7 Å². The van der Waals surface area contributed by atoms with Gasteiger partial charge in [-0.05, 0) is 47.6 Å². The molecular formula is C18H29N. The largest absolute Gasteiger partial charge is 0.327 e. The minimum Gasteiger partial charge on any atom is -0.327 e. The van der Waals surface area contributed by atoms with Gasteiger partial charge in [-0.15, -0.1) is 0 Å². The molecule has 0 bridgehead atoms. The SMILES string of the molecule is CCC1CCC(N)C(c2ccc(C(C)(C)C)cc2)C1. The Morgan fingerprint density at radius 1 is 1.11 bits per heavy atom. The van der Waals surface area contributed by atoms with Gasteiger partial charge in [-0.25, -0.2) is 0 Å². The minimum atomic E-state index is 0.235. The molecule has 0 amide bonds. The first-order chi connectivity index (χ1) is 8.91. The average Bonchev–Trinajstić information content (AvgIpc) is 2.38. The summed E-state index contributed by atoms with van der Waals surface area (Å²) >= 11 is 0. The van der Waals surface area contributed by atoms with E-state index in [1.165, 1.54) is 36.8 Å². The van der Waals surface area contributed by atoms with Crippen LogP contribution in [0.3, 0.4) is 0 Å². The second-order valence-corrected chi connectivity index (χ2v) is 7.23. The first-order valence-corrected chi connectivity index (χ1v) is 7.78. The molecule has 0 heterocycles. The molecule has 0 aromatic heterocycles. The molecule has 1 fully saturated rings. The van der Waals surface area contributed by atoms with Crippen LogP contribution >= 0.6 is 0 Å². The van der Waals surface area contributed by atoms with Crippen molar-refractivity contribution in [1.29, 1.82) is 0 Å². The van der Waals surface area contributed by atoms with Crippen LogP contribution in [0.25, 0.3) is 0 Å². The molecule has 0 saturated heterocycles. The third-order valence-corrected chi connectivity index (χ3v) is 4.79. The van der Waals surface area contributed by atoms with E-state index in [1.807, 2.05) is 0 Å². The van der Waals surface area contributed by atoms with E-state index >= 15 is 0 Å². The highest BCUT2D eigenvalue weighted by molar-refractivity contribution is 5.30. The van der Waals surface area contributed by atoms with E-state index < -0.39 is 0 Å². The Kier molecular flexibility index (Phi) is 4.35. The summed E-state index contributed by atoms with van der Waals surface area (Å²) in [5, 5.41) is 0. The molecule has 1 aromatic rings. The van der Waals surface area contributed by atoms with Crippen molar-refractivity contribution in [3.8, 4) is 0 Å². The van der Waals surface area contributed by atoms with E-state index in [9.17, 15) is 0 Å². The summed E-state index contributed by atoms with van der Waals surface area (Å²) in [6, 6.07) is 9.55. The highest BCUT2D eigenvalue weighted by Crippen LogP contribution is 2.37. The van der Waals surface area contributed by atoms with Crippen LogP contribution in [-0.2, 0) is 5.41 Å². The summed E-state index contributed by atoms with van der Waals surface area (Å²) < 4.78 is 0. The zero-order chi connectivity index (χ0) is 14.0. The van der Waals surface area contributed by atoms with Crippen LogP contribution in [0.1, 0.15) is 70.4 Å². The molecule has 106 valence electrons. The van der Waals surface area contributed by atoms with Gasteiger partial charge in [-0.1, -0.05) is 58.4 Å². The van der Waals surface area contributed by atoms with Crippen molar-refractivity contribution in [2.45, 2.75) is 70.8 Å². The van der Waals surface area contributed by atoms with Gasteiger partial charge < -0.3 is 5.73 Å². The molecule has 3 unspecified atom stereocenters. The standard InChI is InChI=1S/C18H29N/c1-5-13-6-11-17(19)16(12-13)14-7-9-15(10-8-14)18(2,3)4/h7-10,13,16-17H,5-6,11-12,19H2,1-4H3. The summed E-state index contributed by atoms with van der Waals surface area (Å²) in [7, 11) is 0. The minimum absolute atomic E-state index is 0.235. The van der Waals surface area contributed by atoms with E-state index in [2.05, 4.69) is 52.0 Å². The lowest BCUT2D eigenvalue weighted by Gasteiger charge is -2.34. The van der Waals surface area contributed by atoms with Gasteiger partial charge >= 0.3 is 0 Å². The predicted molar refractivity (Wildman–Crippen MR) is 83.5 cm³/mol. The zero-order valence-corrected chi connectivity index (χ0v) is 12.9. The van der Waals surface area contributed by atoms with Gasteiger partial charge in [0.15, 0.2) is 0 Å². The fourth-order valence-electron chi connectivity index (χ4n) is 3.27. The lowest BCUT2D eigenvalue weighted by Crippen LogP contribution is -2.34. The Morgan fingerprint density at radius 2 is 1.74 bits per heavy atom. The fraction of sp³-hybridized carbons (Fsp3) is 0.667. The summed E-state index contributed by atoms with van der Waals surface area (Å²) in [6.07, 6.45) is 5.06. The topological polar surface area (TPSA) is 26.0 Å². The fourth-order valence-corrected chi connectivity index (χ4v) is 3.27. The third kappa shape index (κ3) is 3.39. The van der Waals surface area contributed by atoms with E-state index in [1.54, 1.807) is 0 Å². The number of rotatable bonds is 2. The number of benzene rings is 1. The molecule has 0 aliphatic heterocycles. The molecule has 2 N–H and O–H groups in total. The Balaban J connectivity index is 2.16. The van der Waals surface area contributed by atoms with Gasteiger partial charge in [-0.2, -0.15) is 0 Å². The van der Waals surface area contributed by atoms with Gasteiger partial charge in [0.25, 0.3) is 0 Å². The van der Waals surface area contributed by atoms with Gasteiger partial charge in [0.1, 0.15) is 0 Å². The van der Waals surface area contributed by atoms with Crippen molar-refractivity contribution >= 4 is 0 Å². The predicted octanol–water partition coefficient (Wildman–Crippen LogP) is 4.61. The number of hydrogen-bond acceptors (Lipinski definition) is 1. The van der Waals surface area contributed by atoms with Crippen LogP contribution in [0, 0.1) is 5.92 Å². The normalized spacial score (nSPS) is 28.4. The maximum Gasteiger partial charge on any atom is 0.0108 e. The number of nitrogens with two attached hydrogens (primary N) is 1. The highest BCUT2D eigenvalue weighted by Gasteiger charge is 2.28. The van der Waals surface area contributed by atoms with Crippen LogP contribution < -0.4 is 5.73 Å². The van der Waals surface area contributed by atoms with Crippen LogP contribution in [0.5, 0.6) is 0 Å². The first-order valence-electron chi connectivity index (χ1n) is 7.78. The molecule has 1 heteroatoms. The van der Waals surface area contributed by atoms with Gasteiger partial charge in [0.05, 0.1) is 0 Å². The quantitative estimate of drug-likeness (QED) is 0.825. The second-order valence-electron chi connectivity index (χ2n) is 7.23. The third-order valence-electron chi connectivity index (χ3n) is 4.79. The molecule has 0 spiro atoms. The Labute approximate surface area is 118 Å². The summed E-state index contributed by atoms with van der Waals surface area (Å²) in [5.41, 5.74) is 9.44. The Hall–Kier alpha value is -0.820. The van der Waals surface area contributed by atoms with Crippen LogP contribution in [0.2, 0.25) is 0 Å². The molecule has 1 aromatic carbocycles. The van der Waals surface area contributed by atoms with E-state index in [0.717, 1.165) is 5.92 Å². The van der Waals surface area contributed by atoms with Crippen molar-refractivity contribution in [2.75, 3.05) is 0 Å². The monoisotopic (exact) mass is 259 g/mol. The average molecular weight is 259 g/mol. The molecule has 19 heavy (non-hydrogen) atoms. The van der Waals surface area contributed by atoms with Crippen LogP contribution in [0.4, 0.5) is 0 Å². The molecule has 1 saturated carbocycles. The van der Waals surface area contributed by atoms with Gasteiger partial charge in [0.2, 0.25) is 0 Å². The summed E-state index contributed by atoms with van der Waals surface area (Å²) in [6.45, 7) is 9.10. The van der Waals surface area contributed by atoms with Crippen molar-refractivity contribution in [3.63, 3.8) is 0 Å². The molecule has 1 aliphatic rings. The summed E-state index contributed by atoms with van der Waals surface area (Å²) in [5.74, 6) is 1.43. The lowest BCUT2D eigenvalue weighted by molar-refractivity contribution is 0.282.